The lowest BCUT2D eigenvalue weighted by molar-refractivity contribution is 0.601. The normalized spacial score (nSPS) is 11.3. The van der Waals surface area contributed by atoms with Gasteiger partial charge in [0.2, 0.25) is 5.95 Å². The molecule has 17 heavy (non-hydrogen) atoms. The van der Waals surface area contributed by atoms with Gasteiger partial charge in [0.25, 0.3) is 0 Å². The first-order chi connectivity index (χ1) is 8.15. The summed E-state index contributed by atoms with van der Waals surface area (Å²) in [6.45, 7) is 5.75. The van der Waals surface area contributed by atoms with Gasteiger partial charge in [-0.2, -0.15) is 4.98 Å². The molecule has 5 nitrogen and oxygen atoms in total. The number of hydrogen-bond donors (Lipinski definition) is 2. The highest BCUT2D eigenvalue weighted by Gasteiger charge is 2.03. The zero-order valence-electron chi connectivity index (χ0n) is 9.94. The second-order valence-corrected chi connectivity index (χ2v) is 4.12. The van der Waals surface area contributed by atoms with Crippen LogP contribution in [0.3, 0.4) is 0 Å². The summed E-state index contributed by atoms with van der Waals surface area (Å²) in [6.07, 6.45) is 1.31. The minimum Gasteiger partial charge on any atom is -0.352 e. The van der Waals surface area contributed by atoms with Crippen molar-refractivity contribution in [3.63, 3.8) is 0 Å². The Hall–Kier alpha value is -1.69. The fourth-order valence-corrected chi connectivity index (χ4v) is 1.47. The maximum atomic E-state index is 12.9. The van der Waals surface area contributed by atoms with Crippen molar-refractivity contribution in [2.24, 2.45) is 0 Å². The molecule has 0 bridgehead atoms. The molecule has 6 heteroatoms. The number of aromatic nitrogens is 3. The van der Waals surface area contributed by atoms with E-state index in [1.54, 1.807) is 6.07 Å². The Labute approximate surface area is 99.0 Å². The SMILES string of the molecule is CC(C)NCCNc1nc2ccc(F)cn2n1. The predicted molar refractivity (Wildman–Crippen MR) is 64.6 cm³/mol. The Kier molecular flexibility index (Phi) is 3.53. The monoisotopic (exact) mass is 237 g/mol. The molecule has 0 unspecified atom stereocenters. The lowest BCUT2D eigenvalue weighted by Gasteiger charge is -2.07. The molecule has 0 saturated carbocycles. The number of halogens is 1. The molecule has 0 aliphatic carbocycles. The van der Waals surface area contributed by atoms with Crippen LogP contribution in [0.4, 0.5) is 10.3 Å². The molecule has 92 valence electrons. The third kappa shape index (κ3) is 3.13. The standard InChI is InChI=1S/C11H16FN5/c1-8(2)13-5-6-14-11-15-10-4-3-9(12)7-17(10)16-11/h3-4,7-8,13H,5-6H2,1-2H3,(H,14,16). The molecule has 0 aliphatic heterocycles. The van der Waals surface area contributed by atoms with Crippen LogP contribution in [0.2, 0.25) is 0 Å². The second-order valence-electron chi connectivity index (χ2n) is 4.12. The fraction of sp³-hybridized carbons (Fsp3) is 0.455. The number of anilines is 1. The van der Waals surface area contributed by atoms with E-state index in [9.17, 15) is 4.39 Å². The van der Waals surface area contributed by atoms with E-state index in [-0.39, 0.29) is 5.82 Å². The van der Waals surface area contributed by atoms with Gasteiger partial charge in [-0.15, -0.1) is 5.10 Å². The van der Waals surface area contributed by atoms with Gasteiger partial charge < -0.3 is 10.6 Å². The maximum absolute atomic E-state index is 12.9. The molecule has 2 aromatic heterocycles. The molecule has 0 atom stereocenters. The summed E-state index contributed by atoms with van der Waals surface area (Å²) in [7, 11) is 0. The van der Waals surface area contributed by atoms with Crippen LogP contribution in [0.1, 0.15) is 13.8 Å². The van der Waals surface area contributed by atoms with Crippen molar-refractivity contribution in [3.8, 4) is 0 Å². The van der Waals surface area contributed by atoms with Gasteiger partial charge in [-0.3, -0.25) is 0 Å². The van der Waals surface area contributed by atoms with E-state index in [4.69, 9.17) is 0 Å². The molecular formula is C11H16FN5. The molecule has 2 N–H and O–H groups in total. The van der Waals surface area contributed by atoms with E-state index >= 15 is 0 Å². The fourth-order valence-electron chi connectivity index (χ4n) is 1.47. The van der Waals surface area contributed by atoms with Gasteiger partial charge in [-0.05, 0) is 12.1 Å². The summed E-state index contributed by atoms with van der Waals surface area (Å²) in [6, 6.07) is 3.42. The van der Waals surface area contributed by atoms with E-state index in [1.165, 1.54) is 16.8 Å². The van der Waals surface area contributed by atoms with Crippen molar-refractivity contribution in [2.75, 3.05) is 18.4 Å². The van der Waals surface area contributed by atoms with Crippen LogP contribution in [0.15, 0.2) is 18.3 Å². The molecule has 0 aromatic carbocycles. The van der Waals surface area contributed by atoms with Gasteiger partial charge in [0.1, 0.15) is 5.82 Å². The summed E-state index contributed by atoms with van der Waals surface area (Å²) in [4.78, 5) is 4.22. The third-order valence-corrected chi connectivity index (χ3v) is 2.26. The maximum Gasteiger partial charge on any atom is 0.243 e. The quantitative estimate of drug-likeness (QED) is 0.769. The highest BCUT2D eigenvalue weighted by molar-refractivity contribution is 5.42. The van der Waals surface area contributed by atoms with Crippen molar-refractivity contribution in [1.82, 2.24) is 19.9 Å². The molecule has 2 heterocycles. The summed E-state index contributed by atoms with van der Waals surface area (Å²) < 4.78 is 14.3. The zero-order valence-corrected chi connectivity index (χ0v) is 9.94. The highest BCUT2D eigenvalue weighted by atomic mass is 19.1. The average Bonchev–Trinajstić information content (AvgIpc) is 2.66. The van der Waals surface area contributed by atoms with Crippen LogP contribution in [-0.4, -0.2) is 33.7 Å². The average molecular weight is 237 g/mol. The van der Waals surface area contributed by atoms with E-state index in [1.807, 2.05) is 0 Å². The molecule has 2 rings (SSSR count). The number of nitrogens with one attached hydrogen (secondary N) is 2. The summed E-state index contributed by atoms with van der Waals surface area (Å²) in [5, 5.41) is 10.5. The van der Waals surface area contributed by atoms with Gasteiger partial charge in [0.15, 0.2) is 5.65 Å². The molecule has 0 aliphatic rings. The van der Waals surface area contributed by atoms with Gasteiger partial charge in [-0.25, -0.2) is 8.91 Å². The van der Waals surface area contributed by atoms with Crippen molar-refractivity contribution in [2.45, 2.75) is 19.9 Å². The summed E-state index contributed by atoms with van der Waals surface area (Å²) in [5.41, 5.74) is 0.630. The Morgan fingerprint density at radius 3 is 2.94 bits per heavy atom. The first-order valence-corrected chi connectivity index (χ1v) is 5.64. The van der Waals surface area contributed by atoms with Crippen molar-refractivity contribution in [3.05, 3.63) is 24.1 Å². The Balaban J connectivity index is 1.95. The minimum atomic E-state index is -0.324. The van der Waals surface area contributed by atoms with Gasteiger partial charge in [0.05, 0.1) is 6.20 Å². The topological polar surface area (TPSA) is 54.2 Å². The smallest absolute Gasteiger partial charge is 0.243 e. The molecule has 0 saturated heterocycles. The second kappa shape index (κ2) is 5.09. The highest BCUT2D eigenvalue weighted by Crippen LogP contribution is 2.06. The van der Waals surface area contributed by atoms with E-state index < -0.39 is 0 Å². The van der Waals surface area contributed by atoms with Crippen molar-refractivity contribution in [1.29, 1.82) is 0 Å². The summed E-state index contributed by atoms with van der Waals surface area (Å²) in [5.74, 6) is 0.191. The predicted octanol–water partition coefficient (Wildman–Crippen LogP) is 1.28. The van der Waals surface area contributed by atoms with Crippen LogP contribution >= 0.6 is 0 Å². The zero-order chi connectivity index (χ0) is 12.3. The number of pyridine rings is 1. The Morgan fingerprint density at radius 1 is 1.35 bits per heavy atom. The Bertz CT molecular complexity index is 494. The van der Waals surface area contributed by atoms with Crippen LogP contribution in [0.5, 0.6) is 0 Å². The third-order valence-electron chi connectivity index (χ3n) is 2.26. The number of nitrogens with zero attached hydrogens (tertiary/aromatic N) is 3. The van der Waals surface area contributed by atoms with Crippen molar-refractivity contribution >= 4 is 11.6 Å². The van der Waals surface area contributed by atoms with Crippen LogP contribution in [-0.2, 0) is 0 Å². The number of hydrogen-bond acceptors (Lipinski definition) is 4. The first kappa shape index (κ1) is 11.8. The lowest BCUT2D eigenvalue weighted by atomic mass is 10.4. The largest absolute Gasteiger partial charge is 0.352 e. The van der Waals surface area contributed by atoms with Crippen LogP contribution in [0, 0.1) is 5.82 Å². The van der Waals surface area contributed by atoms with Gasteiger partial charge >= 0.3 is 0 Å². The minimum absolute atomic E-state index is 0.324. The number of rotatable bonds is 5. The molecular weight excluding hydrogens is 221 g/mol. The van der Waals surface area contributed by atoms with Gasteiger partial charge in [0, 0.05) is 19.1 Å². The first-order valence-electron chi connectivity index (χ1n) is 5.64. The molecule has 0 fully saturated rings. The van der Waals surface area contributed by atoms with Gasteiger partial charge in [-0.1, -0.05) is 13.8 Å². The van der Waals surface area contributed by atoms with Crippen molar-refractivity contribution < 1.29 is 4.39 Å². The van der Waals surface area contributed by atoms with Crippen LogP contribution in [0.25, 0.3) is 5.65 Å². The lowest BCUT2D eigenvalue weighted by Crippen LogP contribution is -2.28. The van der Waals surface area contributed by atoms with E-state index in [0.717, 1.165) is 13.1 Å². The van der Waals surface area contributed by atoms with E-state index in [2.05, 4.69) is 34.6 Å². The van der Waals surface area contributed by atoms with Crippen LogP contribution < -0.4 is 10.6 Å². The number of fused-ring (bicyclic) bond motifs is 1. The van der Waals surface area contributed by atoms with E-state index in [0.29, 0.717) is 17.6 Å². The summed E-state index contributed by atoms with van der Waals surface area (Å²) >= 11 is 0. The molecule has 2 aromatic rings. The Morgan fingerprint density at radius 2 is 2.18 bits per heavy atom. The molecule has 0 radical (unpaired) electrons. The molecule has 0 amide bonds. The molecule has 0 spiro atoms.